The number of nitrogens with two attached hydrogens (primary N) is 2. The van der Waals surface area contributed by atoms with Crippen molar-refractivity contribution >= 4 is 5.84 Å². The predicted molar refractivity (Wildman–Crippen MR) is 65.1 cm³/mol. The van der Waals surface area contributed by atoms with E-state index < -0.39 is 0 Å². The van der Waals surface area contributed by atoms with Crippen LogP contribution in [-0.2, 0) is 0 Å². The largest absolute Gasteiger partial charge is 0.513 e. The molecule has 1 aliphatic carbocycles. The molecule has 0 unspecified atom stereocenters. The van der Waals surface area contributed by atoms with Crippen LogP contribution in [0.3, 0.4) is 0 Å². The van der Waals surface area contributed by atoms with E-state index in [2.05, 4.69) is 0 Å². The number of allylic oxidation sites excluding steroid dienone is 2. The molecular formula is C12H22N3O+. The third-order valence-corrected chi connectivity index (χ3v) is 2.44. The Bertz CT molecular complexity index is 337. The minimum atomic E-state index is -0.0124. The minimum absolute atomic E-state index is 0.0124. The average molecular weight is 224 g/mol. The van der Waals surface area contributed by atoms with E-state index in [9.17, 15) is 5.11 Å². The van der Waals surface area contributed by atoms with Crippen molar-refractivity contribution in [2.24, 2.45) is 11.7 Å². The molecular weight excluding hydrogens is 202 g/mol. The van der Waals surface area contributed by atoms with Gasteiger partial charge in [0.2, 0.25) is 5.84 Å². The quantitative estimate of drug-likeness (QED) is 0.417. The van der Waals surface area contributed by atoms with Crippen LogP contribution in [0.25, 0.3) is 0 Å². The van der Waals surface area contributed by atoms with Crippen LogP contribution in [0, 0.1) is 11.3 Å². The third kappa shape index (κ3) is 4.06. The van der Waals surface area contributed by atoms with Crippen LogP contribution in [0.1, 0.15) is 33.6 Å². The van der Waals surface area contributed by atoms with E-state index in [0.717, 1.165) is 6.42 Å². The van der Waals surface area contributed by atoms with E-state index in [1.54, 1.807) is 12.2 Å². The standard InChI is InChI=1S/C12H21N3O/c1-12(2,3)15-11(14)7-10(13)8-4-5-9(16)6-8/h6-8,16H,4-5,13H2,1-3H3,(H2,14,15)/p+1/b10-7-/t8-/m0/s1. The topological polar surface area (TPSA) is 86.7 Å². The van der Waals surface area contributed by atoms with Gasteiger partial charge < -0.3 is 10.8 Å². The van der Waals surface area contributed by atoms with Crippen LogP contribution in [0.15, 0.2) is 23.6 Å². The fraction of sp³-hybridized carbons (Fsp3) is 0.583. The Labute approximate surface area is 96.7 Å². The van der Waals surface area contributed by atoms with Gasteiger partial charge in [0, 0.05) is 24.1 Å². The summed E-state index contributed by atoms with van der Waals surface area (Å²) in [6, 6.07) is 0. The number of amidine groups is 1. The molecule has 0 aromatic heterocycles. The Hall–Kier alpha value is -1.29. The first-order chi connectivity index (χ1) is 7.28. The van der Waals surface area contributed by atoms with Gasteiger partial charge in [-0.05, 0) is 33.3 Å². The molecule has 6 N–H and O–H groups in total. The molecule has 0 fully saturated rings. The summed E-state index contributed by atoms with van der Waals surface area (Å²) in [5.74, 6) is 0.936. The molecule has 0 aromatic rings. The van der Waals surface area contributed by atoms with Crippen molar-refractivity contribution in [1.29, 1.82) is 5.41 Å². The normalized spacial score (nSPS) is 22.1. The van der Waals surface area contributed by atoms with Crippen molar-refractivity contribution in [3.05, 3.63) is 23.6 Å². The Balaban J connectivity index is 2.60. The summed E-state index contributed by atoms with van der Waals surface area (Å²) in [6.45, 7) is 6.15. The molecule has 16 heavy (non-hydrogen) atoms. The molecule has 0 radical (unpaired) electrons. The fourth-order valence-electron chi connectivity index (χ4n) is 1.76. The van der Waals surface area contributed by atoms with Gasteiger partial charge in [-0.2, -0.15) is 0 Å². The van der Waals surface area contributed by atoms with Crippen LogP contribution in [0.2, 0.25) is 0 Å². The predicted octanol–water partition coefficient (Wildman–Crippen LogP) is 1.02. The Morgan fingerprint density at radius 1 is 1.62 bits per heavy atom. The van der Waals surface area contributed by atoms with Crippen molar-refractivity contribution in [1.82, 2.24) is 0 Å². The monoisotopic (exact) mass is 224 g/mol. The van der Waals surface area contributed by atoms with Crippen molar-refractivity contribution in [2.75, 3.05) is 0 Å². The van der Waals surface area contributed by atoms with Crippen molar-refractivity contribution in [2.45, 2.75) is 39.2 Å². The molecule has 0 spiro atoms. The number of aliphatic hydroxyl groups excluding tert-OH is 1. The van der Waals surface area contributed by atoms with Gasteiger partial charge in [-0.25, -0.2) is 0 Å². The lowest BCUT2D eigenvalue weighted by molar-refractivity contribution is -0.613. The molecule has 1 atom stereocenters. The van der Waals surface area contributed by atoms with Crippen molar-refractivity contribution in [3.63, 3.8) is 0 Å². The van der Waals surface area contributed by atoms with Gasteiger partial charge in [0.25, 0.3) is 0 Å². The summed E-state index contributed by atoms with van der Waals surface area (Å²) < 4.78 is 0. The zero-order chi connectivity index (χ0) is 12.3. The summed E-state index contributed by atoms with van der Waals surface area (Å²) in [7, 11) is 0. The summed E-state index contributed by atoms with van der Waals surface area (Å²) in [4.78, 5) is 0. The highest BCUT2D eigenvalue weighted by atomic mass is 16.3. The number of hydrogen-bond acceptors (Lipinski definition) is 3. The maximum atomic E-state index is 9.29. The highest BCUT2D eigenvalue weighted by molar-refractivity contribution is 5.82. The van der Waals surface area contributed by atoms with Gasteiger partial charge >= 0.3 is 0 Å². The van der Waals surface area contributed by atoms with Gasteiger partial charge in [-0.3, -0.25) is 10.7 Å². The minimum Gasteiger partial charge on any atom is -0.513 e. The van der Waals surface area contributed by atoms with Gasteiger partial charge in [0.05, 0.1) is 11.3 Å². The lowest BCUT2D eigenvalue weighted by atomic mass is 10.0. The van der Waals surface area contributed by atoms with Crippen molar-refractivity contribution < 1.29 is 10.4 Å². The number of quaternary nitrogens is 1. The van der Waals surface area contributed by atoms with E-state index in [1.807, 2.05) is 26.1 Å². The SMILES string of the molecule is CC(C)(C)[NH2+]C(=N)/C=C(\N)[C@@H]1C=C(O)CC1. The van der Waals surface area contributed by atoms with Crippen LogP contribution in [0.5, 0.6) is 0 Å². The Morgan fingerprint density at radius 3 is 2.69 bits per heavy atom. The molecule has 0 aliphatic heterocycles. The molecule has 0 bridgehead atoms. The summed E-state index contributed by atoms with van der Waals surface area (Å²) in [5, 5.41) is 19.0. The second kappa shape index (κ2) is 4.70. The fourth-order valence-corrected chi connectivity index (χ4v) is 1.76. The van der Waals surface area contributed by atoms with Crippen LogP contribution in [0.4, 0.5) is 0 Å². The third-order valence-electron chi connectivity index (χ3n) is 2.44. The molecule has 90 valence electrons. The van der Waals surface area contributed by atoms with E-state index >= 15 is 0 Å². The lowest BCUT2D eigenvalue weighted by Gasteiger charge is -2.16. The van der Waals surface area contributed by atoms with E-state index in [0.29, 0.717) is 23.7 Å². The first-order valence-corrected chi connectivity index (χ1v) is 5.59. The van der Waals surface area contributed by atoms with Gasteiger partial charge in [0.15, 0.2) is 0 Å². The summed E-state index contributed by atoms with van der Waals surface area (Å²) in [6.07, 6.45) is 4.99. The first-order valence-electron chi connectivity index (χ1n) is 5.59. The van der Waals surface area contributed by atoms with Crippen LogP contribution in [-0.4, -0.2) is 16.5 Å². The highest BCUT2D eigenvalue weighted by Gasteiger charge is 2.20. The Kier molecular flexibility index (Phi) is 3.75. The van der Waals surface area contributed by atoms with E-state index in [1.165, 1.54) is 0 Å². The molecule has 0 amide bonds. The molecule has 1 rings (SSSR count). The molecule has 0 saturated carbocycles. The van der Waals surface area contributed by atoms with E-state index in [-0.39, 0.29) is 11.5 Å². The molecule has 4 nitrogen and oxygen atoms in total. The number of nitrogens with one attached hydrogen (secondary N) is 1. The van der Waals surface area contributed by atoms with Gasteiger partial charge in [-0.15, -0.1) is 0 Å². The lowest BCUT2D eigenvalue weighted by Crippen LogP contribution is -2.96. The molecule has 0 saturated heterocycles. The summed E-state index contributed by atoms with van der Waals surface area (Å²) >= 11 is 0. The molecule has 0 heterocycles. The average Bonchev–Trinajstić information content (AvgIpc) is 2.47. The van der Waals surface area contributed by atoms with E-state index in [4.69, 9.17) is 11.1 Å². The number of rotatable bonds is 2. The highest BCUT2D eigenvalue weighted by Crippen LogP contribution is 2.25. The van der Waals surface area contributed by atoms with Crippen LogP contribution < -0.4 is 11.1 Å². The molecule has 0 aromatic carbocycles. The maximum absolute atomic E-state index is 9.29. The maximum Gasteiger partial charge on any atom is 0.218 e. The van der Waals surface area contributed by atoms with Gasteiger partial charge in [0.1, 0.15) is 0 Å². The second-order valence-electron chi connectivity index (χ2n) is 5.41. The number of hydrogen-bond donors (Lipinski definition) is 4. The smallest absolute Gasteiger partial charge is 0.218 e. The summed E-state index contributed by atoms with van der Waals surface area (Å²) in [5.41, 5.74) is 6.55. The zero-order valence-corrected chi connectivity index (χ0v) is 10.2. The second-order valence-corrected chi connectivity index (χ2v) is 5.41. The molecule has 1 aliphatic rings. The first kappa shape index (κ1) is 12.8. The number of aliphatic hydroxyl groups is 1. The molecule has 4 heteroatoms. The van der Waals surface area contributed by atoms with Gasteiger partial charge in [-0.1, -0.05) is 0 Å². The zero-order valence-electron chi connectivity index (χ0n) is 10.2. The van der Waals surface area contributed by atoms with Crippen molar-refractivity contribution in [3.8, 4) is 0 Å². The van der Waals surface area contributed by atoms with Crippen LogP contribution >= 0.6 is 0 Å². The Morgan fingerprint density at radius 2 is 2.25 bits per heavy atom.